The lowest BCUT2D eigenvalue weighted by Crippen LogP contribution is -2.44. The molecular formula is C13H26N2O. The van der Waals surface area contributed by atoms with Gasteiger partial charge in [-0.2, -0.15) is 0 Å². The number of amides is 1. The molecule has 1 saturated carbocycles. The molecule has 4 unspecified atom stereocenters. The molecule has 0 heterocycles. The zero-order valence-corrected chi connectivity index (χ0v) is 11.0. The fraction of sp³-hybridized carbons (Fsp3) is 0.923. The van der Waals surface area contributed by atoms with E-state index in [9.17, 15) is 4.79 Å². The van der Waals surface area contributed by atoms with Crippen LogP contribution in [-0.4, -0.2) is 18.0 Å². The predicted molar refractivity (Wildman–Crippen MR) is 66.9 cm³/mol. The summed E-state index contributed by atoms with van der Waals surface area (Å²) < 4.78 is 0. The second-order valence-electron chi connectivity index (χ2n) is 5.70. The van der Waals surface area contributed by atoms with Gasteiger partial charge in [0.05, 0.1) is 0 Å². The summed E-state index contributed by atoms with van der Waals surface area (Å²) in [7, 11) is 0. The van der Waals surface area contributed by atoms with E-state index in [1.54, 1.807) is 0 Å². The molecule has 0 aromatic carbocycles. The average Bonchev–Trinajstić information content (AvgIpc) is 2.16. The molecule has 0 aromatic heterocycles. The highest BCUT2D eigenvalue weighted by Gasteiger charge is 2.31. The molecule has 0 spiro atoms. The largest absolute Gasteiger partial charge is 0.353 e. The van der Waals surface area contributed by atoms with Crippen LogP contribution in [0.15, 0.2) is 0 Å². The minimum Gasteiger partial charge on any atom is -0.353 e. The quantitative estimate of drug-likeness (QED) is 0.772. The van der Waals surface area contributed by atoms with Gasteiger partial charge < -0.3 is 11.1 Å². The van der Waals surface area contributed by atoms with E-state index >= 15 is 0 Å². The van der Waals surface area contributed by atoms with Crippen molar-refractivity contribution in [3.8, 4) is 0 Å². The third kappa shape index (κ3) is 3.48. The first-order valence-electron chi connectivity index (χ1n) is 6.47. The minimum absolute atomic E-state index is 0.168. The van der Waals surface area contributed by atoms with E-state index in [0.29, 0.717) is 17.9 Å². The van der Waals surface area contributed by atoms with Crippen LogP contribution in [0.4, 0.5) is 0 Å². The predicted octanol–water partition coefficient (Wildman–Crippen LogP) is 1.91. The second kappa shape index (κ2) is 5.67. The van der Waals surface area contributed by atoms with Gasteiger partial charge in [0.1, 0.15) is 0 Å². The highest BCUT2D eigenvalue weighted by Crippen LogP contribution is 2.29. The number of nitrogens with two attached hydrogens (primary N) is 1. The van der Waals surface area contributed by atoms with Crippen molar-refractivity contribution in [2.45, 2.75) is 59.0 Å². The van der Waals surface area contributed by atoms with Crippen molar-refractivity contribution in [3.05, 3.63) is 0 Å². The van der Waals surface area contributed by atoms with Crippen molar-refractivity contribution in [1.29, 1.82) is 0 Å². The Morgan fingerprint density at radius 2 is 1.94 bits per heavy atom. The Hall–Kier alpha value is -0.570. The van der Waals surface area contributed by atoms with E-state index in [1.165, 1.54) is 0 Å². The van der Waals surface area contributed by atoms with Gasteiger partial charge in [0, 0.05) is 18.0 Å². The Morgan fingerprint density at radius 3 is 2.44 bits per heavy atom. The molecule has 1 aliphatic rings. The minimum atomic E-state index is 0.168. The molecule has 0 bridgehead atoms. The molecule has 4 atom stereocenters. The lowest BCUT2D eigenvalue weighted by Gasteiger charge is -2.32. The first-order valence-corrected chi connectivity index (χ1v) is 6.47. The first-order chi connectivity index (χ1) is 7.41. The summed E-state index contributed by atoms with van der Waals surface area (Å²) in [5.41, 5.74) is 5.91. The molecule has 1 rings (SSSR count). The van der Waals surface area contributed by atoms with Crippen LogP contribution in [0.25, 0.3) is 0 Å². The smallest absolute Gasteiger partial charge is 0.223 e. The van der Waals surface area contributed by atoms with Crippen LogP contribution in [-0.2, 0) is 4.79 Å². The third-order valence-corrected chi connectivity index (χ3v) is 3.92. The lowest BCUT2D eigenvalue weighted by atomic mass is 9.77. The molecule has 0 aromatic rings. The third-order valence-electron chi connectivity index (χ3n) is 3.92. The Morgan fingerprint density at radius 1 is 1.31 bits per heavy atom. The van der Waals surface area contributed by atoms with Gasteiger partial charge in [0.15, 0.2) is 0 Å². The van der Waals surface area contributed by atoms with Crippen molar-refractivity contribution in [2.75, 3.05) is 0 Å². The van der Waals surface area contributed by atoms with E-state index < -0.39 is 0 Å². The summed E-state index contributed by atoms with van der Waals surface area (Å²) in [6.07, 6.45) is 2.91. The lowest BCUT2D eigenvalue weighted by molar-refractivity contribution is -0.128. The molecule has 1 fully saturated rings. The summed E-state index contributed by atoms with van der Waals surface area (Å²) in [6, 6.07) is 0.553. The molecule has 1 amide bonds. The maximum Gasteiger partial charge on any atom is 0.223 e. The van der Waals surface area contributed by atoms with Crippen molar-refractivity contribution in [2.24, 2.45) is 23.5 Å². The van der Waals surface area contributed by atoms with Crippen molar-refractivity contribution in [3.63, 3.8) is 0 Å². The summed E-state index contributed by atoms with van der Waals surface area (Å²) in [6.45, 7) is 8.47. The van der Waals surface area contributed by atoms with Gasteiger partial charge in [0.2, 0.25) is 5.91 Å². The van der Waals surface area contributed by atoms with Crippen molar-refractivity contribution in [1.82, 2.24) is 5.32 Å². The molecule has 0 saturated heterocycles. The zero-order chi connectivity index (χ0) is 12.3. The molecule has 16 heavy (non-hydrogen) atoms. The van der Waals surface area contributed by atoms with Crippen molar-refractivity contribution < 1.29 is 4.79 Å². The highest BCUT2D eigenvalue weighted by molar-refractivity contribution is 5.79. The van der Waals surface area contributed by atoms with Gasteiger partial charge in [-0.25, -0.2) is 0 Å². The maximum absolute atomic E-state index is 12.1. The molecule has 3 heteroatoms. The van der Waals surface area contributed by atoms with E-state index in [4.69, 9.17) is 5.73 Å². The van der Waals surface area contributed by atoms with Crippen LogP contribution in [0.1, 0.15) is 47.0 Å². The molecule has 0 radical (unpaired) electrons. The topological polar surface area (TPSA) is 55.1 Å². The van der Waals surface area contributed by atoms with Crippen LogP contribution >= 0.6 is 0 Å². The fourth-order valence-corrected chi connectivity index (χ4v) is 2.33. The van der Waals surface area contributed by atoms with Gasteiger partial charge >= 0.3 is 0 Å². The number of nitrogens with one attached hydrogen (secondary N) is 1. The van der Waals surface area contributed by atoms with E-state index in [2.05, 4.69) is 33.0 Å². The summed E-state index contributed by atoms with van der Waals surface area (Å²) in [5, 5.41) is 3.11. The highest BCUT2D eigenvalue weighted by atomic mass is 16.1. The van der Waals surface area contributed by atoms with Gasteiger partial charge in [-0.15, -0.1) is 0 Å². The van der Waals surface area contributed by atoms with Crippen LogP contribution < -0.4 is 11.1 Å². The number of carbonyl (C=O) groups excluding carboxylic acids is 1. The fourth-order valence-electron chi connectivity index (χ4n) is 2.33. The van der Waals surface area contributed by atoms with Gasteiger partial charge in [-0.1, -0.05) is 20.8 Å². The molecular weight excluding hydrogens is 200 g/mol. The Bertz CT molecular complexity index is 240. The number of rotatable bonds is 3. The molecule has 3 N–H and O–H groups in total. The summed E-state index contributed by atoms with van der Waals surface area (Å²) in [4.78, 5) is 12.1. The van der Waals surface area contributed by atoms with Gasteiger partial charge in [-0.3, -0.25) is 4.79 Å². The normalized spacial score (nSPS) is 32.5. The molecule has 0 aliphatic heterocycles. The maximum atomic E-state index is 12.1. The van der Waals surface area contributed by atoms with Crippen LogP contribution in [0.5, 0.6) is 0 Å². The van der Waals surface area contributed by atoms with E-state index in [1.807, 2.05) is 0 Å². The summed E-state index contributed by atoms with van der Waals surface area (Å²) >= 11 is 0. The molecule has 3 nitrogen and oxygen atoms in total. The van der Waals surface area contributed by atoms with Crippen LogP contribution in [0, 0.1) is 17.8 Å². The Labute approximate surface area is 99.2 Å². The zero-order valence-electron chi connectivity index (χ0n) is 11.0. The number of hydrogen-bond acceptors (Lipinski definition) is 2. The van der Waals surface area contributed by atoms with E-state index in [-0.39, 0.29) is 17.9 Å². The Balaban J connectivity index is 2.48. The monoisotopic (exact) mass is 226 g/mol. The SMILES string of the molecule is CC(C)C(C)NC(=O)C1CCC(N)CC1C. The molecule has 1 aliphatic carbocycles. The van der Waals surface area contributed by atoms with Gasteiger partial charge in [-0.05, 0) is 38.0 Å². The average molecular weight is 226 g/mol. The van der Waals surface area contributed by atoms with Gasteiger partial charge in [0.25, 0.3) is 0 Å². The van der Waals surface area contributed by atoms with Crippen molar-refractivity contribution >= 4 is 5.91 Å². The van der Waals surface area contributed by atoms with Crippen LogP contribution in [0.3, 0.4) is 0 Å². The number of carbonyl (C=O) groups is 1. The standard InChI is InChI=1S/C13H26N2O/c1-8(2)10(4)15-13(16)12-6-5-11(14)7-9(12)3/h8-12H,5-7,14H2,1-4H3,(H,15,16). The second-order valence-corrected chi connectivity index (χ2v) is 5.70. The van der Waals surface area contributed by atoms with E-state index in [0.717, 1.165) is 19.3 Å². The molecule has 94 valence electrons. The Kier molecular flexibility index (Phi) is 4.78. The van der Waals surface area contributed by atoms with Crippen LogP contribution in [0.2, 0.25) is 0 Å². The first kappa shape index (κ1) is 13.5. The number of hydrogen-bond donors (Lipinski definition) is 2. The summed E-state index contributed by atoms with van der Waals surface area (Å²) in [5.74, 6) is 1.30.